The lowest BCUT2D eigenvalue weighted by atomic mass is 9.72. The van der Waals surface area contributed by atoms with Crippen LogP contribution in [0.25, 0.3) is 5.65 Å². The normalized spacial score (nSPS) is 15.4. The van der Waals surface area contributed by atoms with Crippen LogP contribution in [0.2, 0.25) is 0 Å². The highest BCUT2D eigenvalue weighted by Gasteiger charge is 2.35. The predicted octanol–water partition coefficient (Wildman–Crippen LogP) is 2.22. The maximum Gasteiger partial charge on any atom is 0.272 e. The molecular formula is C16H19N5O. The van der Waals surface area contributed by atoms with Gasteiger partial charge in [0.2, 0.25) is 0 Å². The Hall–Kier alpha value is -2.42. The molecular weight excluding hydrogens is 278 g/mol. The summed E-state index contributed by atoms with van der Waals surface area (Å²) in [6.07, 6.45) is 5.04. The van der Waals surface area contributed by atoms with Gasteiger partial charge in [0, 0.05) is 5.54 Å². The van der Waals surface area contributed by atoms with Crippen LogP contribution in [0.5, 0.6) is 0 Å². The zero-order valence-corrected chi connectivity index (χ0v) is 13.1. The Morgan fingerprint density at radius 3 is 2.82 bits per heavy atom. The molecule has 1 aliphatic carbocycles. The third kappa shape index (κ3) is 2.33. The summed E-state index contributed by atoms with van der Waals surface area (Å²) in [6.45, 7) is 5.96. The highest BCUT2D eigenvalue weighted by molar-refractivity contribution is 5.93. The van der Waals surface area contributed by atoms with Gasteiger partial charge in [-0.3, -0.25) is 4.79 Å². The third-order valence-corrected chi connectivity index (χ3v) is 4.56. The Balaban J connectivity index is 1.94. The summed E-state index contributed by atoms with van der Waals surface area (Å²) in [7, 11) is 0. The molecule has 6 nitrogen and oxygen atoms in total. The lowest BCUT2D eigenvalue weighted by Crippen LogP contribution is -2.51. The summed E-state index contributed by atoms with van der Waals surface area (Å²) in [4.78, 5) is 16.8. The molecule has 6 heteroatoms. The highest BCUT2D eigenvalue weighted by Crippen LogP contribution is 2.35. The first-order chi connectivity index (χ1) is 10.4. The lowest BCUT2D eigenvalue weighted by Gasteiger charge is -2.40. The maximum atomic E-state index is 12.6. The third-order valence-electron chi connectivity index (χ3n) is 4.56. The Bertz CT molecular complexity index is 780. The second kappa shape index (κ2) is 5.09. The minimum absolute atomic E-state index is 0.202. The number of nitriles is 1. The van der Waals surface area contributed by atoms with E-state index in [4.69, 9.17) is 5.26 Å². The van der Waals surface area contributed by atoms with Gasteiger partial charge < -0.3 is 5.32 Å². The Kier molecular flexibility index (Phi) is 3.36. The summed E-state index contributed by atoms with van der Waals surface area (Å²) >= 11 is 0. The minimum Gasteiger partial charge on any atom is -0.345 e. The van der Waals surface area contributed by atoms with Crippen molar-refractivity contribution in [1.82, 2.24) is 19.9 Å². The zero-order chi connectivity index (χ0) is 15.9. The van der Waals surface area contributed by atoms with E-state index in [2.05, 4.69) is 29.2 Å². The first kappa shape index (κ1) is 14.5. The summed E-state index contributed by atoms with van der Waals surface area (Å²) in [5.74, 6) is 0.311. The molecule has 2 heterocycles. The number of amides is 1. The molecule has 1 aliphatic rings. The van der Waals surface area contributed by atoms with Gasteiger partial charge in [0.1, 0.15) is 6.07 Å². The van der Waals surface area contributed by atoms with E-state index in [1.165, 1.54) is 17.1 Å². The van der Waals surface area contributed by atoms with E-state index in [1.807, 2.05) is 13.0 Å². The molecule has 0 saturated heterocycles. The first-order valence-electron chi connectivity index (χ1n) is 7.50. The van der Waals surface area contributed by atoms with E-state index in [-0.39, 0.29) is 17.1 Å². The van der Waals surface area contributed by atoms with Gasteiger partial charge in [-0.25, -0.2) is 9.50 Å². The number of nitrogens with one attached hydrogen (secondary N) is 1. The fourth-order valence-electron chi connectivity index (χ4n) is 2.92. The molecule has 0 aromatic carbocycles. The number of aromatic nitrogens is 3. The van der Waals surface area contributed by atoms with Crippen molar-refractivity contribution < 1.29 is 4.79 Å². The number of hydrogen-bond acceptors (Lipinski definition) is 4. The summed E-state index contributed by atoms with van der Waals surface area (Å²) in [5.41, 5.74) is 1.81. The van der Waals surface area contributed by atoms with Gasteiger partial charge in [-0.1, -0.05) is 6.42 Å². The average molecular weight is 297 g/mol. The highest BCUT2D eigenvalue weighted by atomic mass is 16.2. The minimum atomic E-state index is -0.249. The molecule has 0 aliphatic heterocycles. The number of fused-ring (bicyclic) bond motifs is 1. The van der Waals surface area contributed by atoms with Crippen LogP contribution in [0, 0.1) is 24.2 Å². The quantitative estimate of drug-likeness (QED) is 0.941. The van der Waals surface area contributed by atoms with Crippen molar-refractivity contribution in [2.45, 2.75) is 45.6 Å². The number of nitrogens with zero attached hydrogens (tertiary/aromatic N) is 4. The number of aryl methyl sites for hydroxylation is 1. The molecule has 114 valence electrons. The molecule has 1 saturated carbocycles. The molecule has 2 aromatic heterocycles. The van der Waals surface area contributed by atoms with Crippen molar-refractivity contribution >= 4 is 11.6 Å². The molecule has 2 aromatic rings. The maximum absolute atomic E-state index is 12.6. The summed E-state index contributed by atoms with van der Waals surface area (Å²) < 4.78 is 1.46. The molecule has 22 heavy (non-hydrogen) atoms. The van der Waals surface area contributed by atoms with Crippen molar-refractivity contribution in [3.05, 3.63) is 29.2 Å². The number of carbonyl (C=O) groups excluding carboxylic acids is 1. The second-order valence-corrected chi connectivity index (χ2v) is 6.51. The molecule has 0 unspecified atom stereocenters. The number of rotatable bonds is 3. The fraction of sp³-hybridized carbons (Fsp3) is 0.500. The van der Waals surface area contributed by atoms with Crippen LogP contribution in [0.15, 0.2) is 12.3 Å². The molecule has 0 radical (unpaired) electrons. The number of hydrogen-bond donors (Lipinski definition) is 1. The monoisotopic (exact) mass is 297 g/mol. The van der Waals surface area contributed by atoms with Gasteiger partial charge in [0.05, 0.1) is 6.20 Å². The van der Waals surface area contributed by atoms with Gasteiger partial charge in [0.25, 0.3) is 5.91 Å². The van der Waals surface area contributed by atoms with Crippen LogP contribution < -0.4 is 5.32 Å². The van der Waals surface area contributed by atoms with Crippen LogP contribution in [0.4, 0.5) is 0 Å². The second-order valence-electron chi connectivity index (χ2n) is 6.51. The smallest absolute Gasteiger partial charge is 0.272 e. The molecule has 0 spiro atoms. The standard InChI is InChI=1S/C16H19N5O/c1-10-7-12(8-17)20-21-13(9-18-14(10)21)15(22)19-16(2,3)11-5-4-6-11/h7,9,11H,4-6H2,1-3H3,(H,19,22). The molecule has 0 atom stereocenters. The van der Waals surface area contributed by atoms with Crippen molar-refractivity contribution in [3.8, 4) is 6.07 Å². The first-order valence-corrected chi connectivity index (χ1v) is 7.50. The van der Waals surface area contributed by atoms with Gasteiger partial charge in [-0.05, 0) is 51.2 Å². The van der Waals surface area contributed by atoms with Gasteiger partial charge >= 0.3 is 0 Å². The van der Waals surface area contributed by atoms with Crippen molar-refractivity contribution in [3.63, 3.8) is 0 Å². The molecule has 1 amide bonds. The van der Waals surface area contributed by atoms with Gasteiger partial charge in [-0.2, -0.15) is 10.4 Å². The molecule has 0 bridgehead atoms. The van der Waals surface area contributed by atoms with Crippen LogP contribution in [-0.4, -0.2) is 26.0 Å². The van der Waals surface area contributed by atoms with Crippen LogP contribution in [0.1, 0.15) is 54.9 Å². The van der Waals surface area contributed by atoms with Crippen LogP contribution >= 0.6 is 0 Å². The van der Waals surface area contributed by atoms with E-state index in [9.17, 15) is 4.79 Å². The molecule has 3 rings (SSSR count). The predicted molar refractivity (Wildman–Crippen MR) is 81.3 cm³/mol. The van der Waals surface area contributed by atoms with E-state index in [0.717, 1.165) is 18.4 Å². The van der Waals surface area contributed by atoms with Gasteiger partial charge in [0.15, 0.2) is 17.0 Å². The Morgan fingerprint density at radius 2 is 2.23 bits per heavy atom. The van der Waals surface area contributed by atoms with Crippen molar-refractivity contribution in [2.24, 2.45) is 5.92 Å². The van der Waals surface area contributed by atoms with E-state index < -0.39 is 0 Å². The van der Waals surface area contributed by atoms with Gasteiger partial charge in [-0.15, -0.1) is 0 Å². The summed E-state index contributed by atoms with van der Waals surface area (Å²) in [5, 5.41) is 16.3. The topological polar surface area (TPSA) is 83.1 Å². The zero-order valence-electron chi connectivity index (χ0n) is 13.1. The van der Waals surface area contributed by atoms with Crippen LogP contribution in [-0.2, 0) is 0 Å². The fourth-order valence-corrected chi connectivity index (χ4v) is 2.92. The summed E-state index contributed by atoms with van der Waals surface area (Å²) in [6, 6.07) is 3.68. The number of carbonyl (C=O) groups is 1. The van der Waals surface area contributed by atoms with Crippen molar-refractivity contribution in [1.29, 1.82) is 5.26 Å². The van der Waals surface area contributed by atoms with E-state index in [1.54, 1.807) is 6.07 Å². The largest absolute Gasteiger partial charge is 0.345 e. The SMILES string of the molecule is Cc1cc(C#N)nn2c(C(=O)NC(C)(C)C3CCC3)cnc12. The van der Waals surface area contributed by atoms with Crippen LogP contribution in [0.3, 0.4) is 0 Å². The average Bonchev–Trinajstić information content (AvgIpc) is 2.79. The van der Waals surface area contributed by atoms with Crippen molar-refractivity contribution in [2.75, 3.05) is 0 Å². The molecule has 1 N–H and O–H groups in total. The Morgan fingerprint density at radius 1 is 1.50 bits per heavy atom. The number of imidazole rings is 1. The Labute approximate surface area is 129 Å². The van der Waals surface area contributed by atoms with E-state index >= 15 is 0 Å². The van der Waals surface area contributed by atoms with E-state index in [0.29, 0.717) is 17.3 Å². The molecule has 1 fully saturated rings. The lowest BCUT2D eigenvalue weighted by molar-refractivity contribution is 0.0819.